The Balaban J connectivity index is 1.23. The molecule has 9 heteroatoms. The van der Waals surface area contributed by atoms with Gasteiger partial charge < -0.3 is 24.8 Å². The molecule has 3 N–H and O–H groups in total. The smallest absolute Gasteiger partial charge is 0.256 e. The van der Waals surface area contributed by atoms with Gasteiger partial charge in [0.2, 0.25) is 0 Å². The van der Waals surface area contributed by atoms with E-state index in [9.17, 15) is 9.59 Å². The average Bonchev–Trinajstić information content (AvgIpc) is 3.48. The van der Waals surface area contributed by atoms with E-state index in [1.807, 2.05) is 54.6 Å². The molecule has 2 aliphatic rings. The van der Waals surface area contributed by atoms with Crippen LogP contribution < -0.4 is 15.1 Å². The number of quaternary nitrogens is 1. The lowest BCUT2D eigenvalue weighted by Gasteiger charge is -2.31. The highest BCUT2D eigenvalue weighted by Crippen LogP contribution is 2.30. The predicted octanol–water partition coefficient (Wildman–Crippen LogP) is 1.23. The first kappa shape index (κ1) is 23.1. The van der Waals surface area contributed by atoms with Gasteiger partial charge in [0, 0.05) is 23.9 Å². The number of amides is 2. The van der Waals surface area contributed by atoms with Gasteiger partial charge in [-0.2, -0.15) is 5.10 Å². The number of aromatic nitrogens is 2. The zero-order chi connectivity index (χ0) is 24.4. The molecule has 1 atom stereocenters. The molecule has 182 valence electrons. The largest absolute Gasteiger partial charge is 0.367 e. The number of carbonyl (C=O) groups excluding carboxylic acids is 2. The second-order valence-corrected chi connectivity index (χ2v) is 9.20. The Morgan fingerprint density at radius 3 is 2.46 bits per heavy atom. The molecule has 0 saturated carbocycles. The second kappa shape index (κ2) is 9.89. The molecule has 2 aromatic carbocycles. The Bertz CT molecular complexity index is 1190. The Morgan fingerprint density at radius 2 is 1.77 bits per heavy atom. The number of anilines is 2. The number of ether oxygens (including phenoxy) is 1. The summed E-state index contributed by atoms with van der Waals surface area (Å²) in [5.41, 5.74) is 4.16. The number of hydrogen-bond donors (Lipinski definition) is 3. The Hall–Kier alpha value is -3.69. The van der Waals surface area contributed by atoms with Crippen molar-refractivity contribution in [3.05, 3.63) is 77.0 Å². The minimum Gasteiger partial charge on any atom is -0.367 e. The number of fused-ring (bicyclic) bond motifs is 1. The first-order valence-electron chi connectivity index (χ1n) is 11.9. The first-order valence-corrected chi connectivity index (χ1v) is 11.9. The van der Waals surface area contributed by atoms with E-state index >= 15 is 0 Å². The van der Waals surface area contributed by atoms with Crippen LogP contribution >= 0.6 is 0 Å². The summed E-state index contributed by atoms with van der Waals surface area (Å²) >= 11 is 0. The Labute approximate surface area is 204 Å². The zero-order valence-corrected chi connectivity index (χ0v) is 20.1. The van der Waals surface area contributed by atoms with Gasteiger partial charge in [-0.25, -0.2) is 0 Å². The van der Waals surface area contributed by atoms with Gasteiger partial charge in [0.1, 0.15) is 0 Å². The third-order valence-corrected chi connectivity index (χ3v) is 6.87. The lowest BCUT2D eigenvalue weighted by Crippen LogP contribution is -3.12. The van der Waals surface area contributed by atoms with Gasteiger partial charge in [-0.1, -0.05) is 30.3 Å². The number of carbonyl (C=O) groups is 2. The fourth-order valence-electron chi connectivity index (χ4n) is 4.72. The number of aromatic amines is 1. The number of likely N-dealkylation sites (N-methyl/N-ethyl adjacent to an activating group) is 1. The summed E-state index contributed by atoms with van der Waals surface area (Å²) in [6, 6.07) is 17.1. The van der Waals surface area contributed by atoms with Crippen molar-refractivity contribution < 1.29 is 19.2 Å². The molecule has 2 amide bonds. The molecular weight excluding hydrogens is 444 g/mol. The van der Waals surface area contributed by atoms with E-state index in [-0.39, 0.29) is 11.8 Å². The highest BCUT2D eigenvalue weighted by Gasteiger charge is 2.33. The number of nitrogens with one attached hydrogen (secondary N) is 3. The first-order chi connectivity index (χ1) is 17.0. The summed E-state index contributed by atoms with van der Waals surface area (Å²) in [6.07, 6.45) is -0.675. The highest BCUT2D eigenvalue weighted by atomic mass is 16.5. The molecule has 35 heavy (non-hydrogen) atoms. The van der Waals surface area contributed by atoms with Crippen LogP contribution in [0.25, 0.3) is 0 Å². The number of hydrogen-bond acceptors (Lipinski definition) is 5. The van der Waals surface area contributed by atoms with Crippen LogP contribution in [0, 0.1) is 0 Å². The van der Waals surface area contributed by atoms with Crippen molar-refractivity contribution in [2.24, 2.45) is 0 Å². The zero-order valence-electron chi connectivity index (χ0n) is 20.1. The van der Waals surface area contributed by atoms with Crippen LogP contribution in [0.1, 0.15) is 33.3 Å². The molecule has 9 nitrogen and oxygen atoms in total. The fraction of sp³-hybridized carbons (Fsp3) is 0.346. The molecule has 1 aromatic heterocycles. The van der Waals surface area contributed by atoms with Gasteiger partial charge in [0.25, 0.3) is 11.8 Å². The SMILES string of the molecule is CO[C@@H](C(=O)N1Cc2[nH]nc(NC(=O)c3ccc(N4CC[NH+](C)CC4)cc3)c2C1)c1ccccc1. The summed E-state index contributed by atoms with van der Waals surface area (Å²) in [5.74, 6) is 0.110. The maximum atomic E-state index is 13.2. The van der Waals surface area contributed by atoms with Gasteiger partial charge in [-0.15, -0.1) is 0 Å². The van der Waals surface area contributed by atoms with Crippen LogP contribution in [0.2, 0.25) is 0 Å². The van der Waals surface area contributed by atoms with Crippen LogP contribution in [0.5, 0.6) is 0 Å². The van der Waals surface area contributed by atoms with E-state index in [1.165, 1.54) is 7.11 Å². The van der Waals surface area contributed by atoms with E-state index in [4.69, 9.17) is 4.74 Å². The standard InChI is InChI=1S/C26H30N6O3/c1-30-12-14-31(15-13-30)20-10-8-19(9-11-20)25(33)27-24-21-16-32(17-22(21)28-29-24)26(34)23(35-2)18-6-4-3-5-7-18/h3-11,23H,12-17H2,1-2H3,(H2,27,28,29,33)/p+1/t23-/m1/s1. The van der Waals surface area contributed by atoms with Gasteiger partial charge in [-0.05, 0) is 29.8 Å². The van der Waals surface area contributed by atoms with E-state index in [2.05, 4.69) is 27.5 Å². The molecule has 0 radical (unpaired) electrons. The fourth-order valence-corrected chi connectivity index (χ4v) is 4.72. The van der Waals surface area contributed by atoms with Crippen LogP contribution in [0.3, 0.4) is 0 Å². The maximum absolute atomic E-state index is 13.2. The van der Waals surface area contributed by atoms with Crippen molar-refractivity contribution >= 4 is 23.3 Å². The Morgan fingerprint density at radius 1 is 1.06 bits per heavy atom. The molecule has 3 aromatic rings. The molecule has 2 aliphatic heterocycles. The van der Waals surface area contributed by atoms with Gasteiger partial charge in [-0.3, -0.25) is 14.7 Å². The molecule has 1 fully saturated rings. The van der Waals surface area contributed by atoms with Crippen LogP contribution in [-0.2, 0) is 22.6 Å². The van der Waals surface area contributed by atoms with Crippen LogP contribution in [-0.4, -0.2) is 67.2 Å². The molecule has 0 spiro atoms. The molecule has 5 rings (SSSR count). The van der Waals surface area contributed by atoms with Crippen molar-refractivity contribution in [2.45, 2.75) is 19.2 Å². The quantitative estimate of drug-likeness (QED) is 0.499. The predicted molar refractivity (Wildman–Crippen MR) is 132 cm³/mol. The number of H-pyrrole nitrogens is 1. The van der Waals surface area contributed by atoms with E-state index in [1.54, 1.807) is 9.80 Å². The molecular formula is C26H31N6O3+. The van der Waals surface area contributed by atoms with Crippen LogP contribution in [0.4, 0.5) is 11.5 Å². The summed E-state index contributed by atoms with van der Waals surface area (Å²) in [6.45, 7) is 5.01. The molecule has 0 unspecified atom stereocenters. The second-order valence-electron chi connectivity index (χ2n) is 9.20. The third kappa shape index (κ3) is 4.78. The minimum absolute atomic E-state index is 0.123. The number of piperazine rings is 1. The molecule has 1 saturated heterocycles. The van der Waals surface area contributed by atoms with E-state index < -0.39 is 6.10 Å². The van der Waals surface area contributed by atoms with E-state index in [0.29, 0.717) is 24.5 Å². The van der Waals surface area contributed by atoms with Crippen molar-refractivity contribution in [3.63, 3.8) is 0 Å². The average molecular weight is 476 g/mol. The van der Waals surface area contributed by atoms with Crippen molar-refractivity contribution in [2.75, 3.05) is 50.6 Å². The summed E-state index contributed by atoms with van der Waals surface area (Å²) in [5, 5.41) is 10.2. The number of nitrogens with zero attached hydrogens (tertiary/aromatic N) is 3. The summed E-state index contributed by atoms with van der Waals surface area (Å²) < 4.78 is 5.51. The highest BCUT2D eigenvalue weighted by molar-refractivity contribution is 6.04. The Kier molecular flexibility index (Phi) is 6.52. The minimum atomic E-state index is -0.675. The monoisotopic (exact) mass is 475 g/mol. The summed E-state index contributed by atoms with van der Waals surface area (Å²) in [7, 11) is 3.75. The van der Waals surface area contributed by atoms with Crippen molar-refractivity contribution in [1.29, 1.82) is 0 Å². The normalized spacial score (nSPS) is 16.7. The van der Waals surface area contributed by atoms with Gasteiger partial charge in [0.05, 0.1) is 52.0 Å². The topological polar surface area (TPSA) is 95.0 Å². The van der Waals surface area contributed by atoms with Gasteiger partial charge >= 0.3 is 0 Å². The maximum Gasteiger partial charge on any atom is 0.256 e. The number of rotatable bonds is 6. The van der Waals surface area contributed by atoms with Crippen LogP contribution in [0.15, 0.2) is 54.6 Å². The lowest BCUT2D eigenvalue weighted by atomic mass is 10.1. The van der Waals surface area contributed by atoms with Gasteiger partial charge in [0.15, 0.2) is 11.9 Å². The number of methoxy groups -OCH3 is 1. The van der Waals surface area contributed by atoms with E-state index in [0.717, 1.165) is 48.7 Å². The third-order valence-electron chi connectivity index (χ3n) is 6.87. The summed E-state index contributed by atoms with van der Waals surface area (Å²) in [4.78, 5) is 31.7. The molecule has 3 heterocycles. The molecule has 0 aliphatic carbocycles. The molecule has 0 bridgehead atoms. The number of benzene rings is 2. The van der Waals surface area contributed by atoms with Crippen molar-refractivity contribution in [1.82, 2.24) is 15.1 Å². The van der Waals surface area contributed by atoms with Crippen molar-refractivity contribution in [3.8, 4) is 0 Å². The lowest BCUT2D eigenvalue weighted by molar-refractivity contribution is -0.880.